The van der Waals surface area contributed by atoms with Crippen molar-refractivity contribution in [1.82, 2.24) is 20.9 Å². The lowest BCUT2D eigenvalue weighted by molar-refractivity contribution is -0.127. The second-order valence-electron chi connectivity index (χ2n) is 10.2. The molecule has 3 unspecified atom stereocenters. The van der Waals surface area contributed by atoms with Gasteiger partial charge < -0.3 is 25.6 Å². The van der Waals surface area contributed by atoms with E-state index in [1.807, 2.05) is 65.3 Å². The predicted molar refractivity (Wildman–Crippen MR) is 150 cm³/mol. The van der Waals surface area contributed by atoms with Crippen LogP contribution in [0.4, 0.5) is 10.5 Å². The number of benzene rings is 2. The Hall–Kier alpha value is -3.43. The third kappa shape index (κ3) is 4.65. The van der Waals surface area contributed by atoms with Crippen molar-refractivity contribution in [1.29, 1.82) is 0 Å². The number of ether oxygens (including phenoxy) is 1. The maximum absolute atomic E-state index is 13.6. The molecular formula is C29H33N5O3S. The fourth-order valence-corrected chi connectivity index (χ4v) is 7.45. The van der Waals surface area contributed by atoms with Crippen molar-refractivity contribution in [3.63, 3.8) is 0 Å². The van der Waals surface area contributed by atoms with Gasteiger partial charge in [0.2, 0.25) is 5.91 Å². The Bertz CT molecular complexity index is 1270. The molecule has 4 heterocycles. The van der Waals surface area contributed by atoms with Gasteiger partial charge in [0.15, 0.2) is 0 Å². The molecule has 0 saturated carbocycles. The number of aryl methyl sites for hydroxylation is 1. The van der Waals surface area contributed by atoms with Gasteiger partial charge in [0.05, 0.1) is 22.1 Å². The molecule has 38 heavy (non-hydrogen) atoms. The van der Waals surface area contributed by atoms with E-state index >= 15 is 0 Å². The second-order valence-corrected chi connectivity index (χ2v) is 11.4. The number of urea groups is 1. The number of para-hydroxylation sites is 1. The summed E-state index contributed by atoms with van der Waals surface area (Å²) in [4.78, 5) is 29.3. The molecule has 198 valence electrons. The van der Waals surface area contributed by atoms with Gasteiger partial charge in [0.25, 0.3) is 0 Å². The van der Waals surface area contributed by atoms with E-state index in [-0.39, 0.29) is 35.3 Å². The van der Waals surface area contributed by atoms with E-state index in [4.69, 9.17) is 4.74 Å². The summed E-state index contributed by atoms with van der Waals surface area (Å²) in [6.45, 7) is 7.92. The number of thioether (sulfide) groups is 1. The maximum Gasteiger partial charge on any atom is 0.326 e. The molecule has 2 aromatic rings. The zero-order chi connectivity index (χ0) is 26.2. The fourth-order valence-electron chi connectivity index (χ4n) is 5.98. The Morgan fingerprint density at radius 1 is 1.13 bits per heavy atom. The number of likely N-dealkylation sites (tertiary alicyclic amines) is 1. The molecule has 2 aromatic carbocycles. The molecule has 8 nitrogen and oxygen atoms in total. The summed E-state index contributed by atoms with van der Waals surface area (Å²) in [5.41, 5.74) is 2.92. The van der Waals surface area contributed by atoms with Gasteiger partial charge in [0.1, 0.15) is 11.5 Å². The van der Waals surface area contributed by atoms with Crippen LogP contribution >= 0.6 is 11.8 Å². The first-order valence-corrected chi connectivity index (χ1v) is 14.2. The predicted octanol–water partition coefficient (Wildman–Crippen LogP) is 4.30. The van der Waals surface area contributed by atoms with Crippen molar-refractivity contribution in [2.75, 3.05) is 24.5 Å². The number of rotatable bonds is 6. The summed E-state index contributed by atoms with van der Waals surface area (Å²) in [5, 5.41) is 11.9. The molecule has 0 aromatic heterocycles. The number of nitrogens with one attached hydrogen (secondary N) is 3. The summed E-state index contributed by atoms with van der Waals surface area (Å²) in [7, 11) is 0. The molecule has 4 aliphatic rings. The molecule has 6 rings (SSSR count). The number of piperidine rings is 2. The van der Waals surface area contributed by atoms with Crippen molar-refractivity contribution >= 4 is 29.4 Å². The first-order valence-electron chi connectivity index (χ1n) is 13.3. The van der Waals surface area contributed by atoms with Crippen molar-refractivity contribution in [3.05, 3.63) is 77.5 Å². The van der Waals surface area contributed by atoms with E-state index in [1.54, 1.807) is 11.8 Å². The SMILES string of the molecule is C=CC(=O)N1CCC(NC2=C3NC(=O)N(c4ccc(Oc5ccccc5)cc4C)C4CCNC(S2)C34)CC1. The van der Waals surface area contributed by atoms with Crippen molar-refractivity contribution in [2.45, 2.75) is 43.6 Å². The normalized spacial score (nSPS) is 25.1. The van der Waals surface area contributed by atoms with E-state index in [0.717, 1.165) is 59.3 Å². The lowest BCUT2D eigenvalue weighted by Gasteiger charge is -2.46. The number of carbonyl (C=O) groups excluding carboxylic acids is 2. The Kier molecular flexibility index (Phi) is 6.80. The van der Waals surface area contributed by atoms with Crippen LogP contribution in [0.15, 0.2) is 71.9 Å². The van der Waals surface area contributed by atoms with Gasteiger partial charge >= 0.3 is 6.03 Å². The molecule has 4 aliphatic heterocycles. The van der Waals surface area contributed by atoms with Crippen LogP contribution in [0.1, 0.15) is 24.8 Å². The molecule has 3 fully saturated rings. The minimum Gasteiger partial charge on any atom is -0.457 e. The highest BCUT2D eigenvalue weighted by atomic mass is 32.2. The highest BCUT2D eigenvalue weighted by molar-refractivity contribution is 8.03. The van der Waals surface area contributed by atoms with Gasteiger partial charge in [0, 0.05) is 30.7 Å². The molecular weight excluding hydrogens is 498 g/mol. The van der Waals surface area contributed by atoms with Crippen LogP contribution in [0.2, 0.25) is 0 Å². The summed E-state index contributed by atoms with van der Waals surface area (Å²) >= 11 is 1.78. The first-order chi connectivity index (χ1) is 18.5. The summed E-state index contributed by atoms with van der Waals surface area (Å²) in [6, 6.07) is 15.9. The highest BCUT2D eigenvalue weighted by Gasteiger charge is 2.51. The van der Waals surface area contributed by atoms with Gasteiger partial charge in [-0.15, -0.1) is 0 Å². The standard InChI is InChI=1S/C29H33N5O3S/c1-3-24(35)33-15-12-19(13-16-33)31-28-26-25-23(11-14-30-27(25)38-28)34(29(36)32-26)22-10-9-21(17-18(22)2)37-20-7-5-4-6-8-20/h3-10,17,19,23,25,27,30-31H,1,11-16H2,2H3,(H,32,36). The lowest BCUT2D eigenvalue weighted by atomic mass is 9.86. The van der Waals surface area contributed by atoms with Crippen LogP contribution in [0, 0.1) is 12.8 Å². The molecule has 0 bridgehead atoms. The minimum atomic E-state index is -0.0880. The molecule has 0 aliphatic carbocycles. The second kappa shape index (κ2) is 10.4. The zero-order valence-corrected chi connectivity index (χ0v) is 22.3. The Morgan fingerprint density at radius 2 is 1.92 bits per heavy atom. The first kappa shape index (κ1) is 24.9. The Morgan fingerprint density at radius 3 is 2.66 bits per heavy atom. The van der Waals surface area contributed by atoms with Crippen LogP contribution in [0.3, 0.4) is 0 Å². The highest BCUT2D eigenvalue weighted by Crippen LogP contribution is 2.47. The number of hydrogen-bond donors (Lipinski definition) is 3. The zero-order valence-electron chi connectivity index (χ0n) is 21.5. The number of anilines is 1. The third-order valence-corrected chi connectivity index (χ3v) is 9.15. The molecule has 9 heteroatoms. The Labute approximate surface area is 227 Å². The maximum atomic E-state index is 13.6. The number of nitrogens with zero attached hydrogens (tertiary/aromatic N) is 2. The molecule has 0 spiro atoms. The molecule has 3 atom stereocenters. The average Bonchev–Trinajstić information content (AvgIpc) is 3.28. The van der Waals surface area contributed by atoms with Crippen molar-refractivity contribution < 1.29 is 14.3 Å². The van der Waals surface area contributed by atoms with Gasteiger partial charge in [-0.3, -0.25) is 9.69 Å². The van der Waals surface area contributed by atoms with Gasteiger partial charge in [-0.1, -0.05) is 36.5 Å². The van der Waals surface area contributed by atoms with Crippen LogP contribution < -0.4 is 25.6 Å². The third-order valence-electron chi connectivity index (χ3n) is 7.86. The summed E-state index contributed by atoms with van der Waals surface area (Å²) < 4.78 is 6.02. The number of hydrogen-bond acceptors (Lipinski definition) is 6. The average molecular weight is 532 g/mol. The largest absolute Gasteiger partial charge is 0.457 e. The topological polar surface area (TPSA) is 85.9 Å². The van der Waals surface area contributed by atoms with Crippen LogP contribution in [-0.4, -0.2) is 53.9 Å². The molecule has 3 N–H and O–H groups in total. The fraction of sp³-hybridized carbons (Fsp3) is 0.379. The van der Waals surface area contributed by atoms with Crippen LogP contribution in [-0.2, 0) is 4.79 Å². The van der Waals surface area contributed by atoms with E-state index in [1.165, 1.54) is 6.08 Å². The van der Waals surface area contributed by atoms with E-state index in [0.29, 0.717) is 13.1 Å². The number of amides is 3. The minimum absolute atomic E-state index is 0.00614. The van der Waals surface area contributed by atoms with Gasteiger partial charge in [-0.2, -0.15) is 0 Å². The van der Waals surface area contributed by atoms with Crippen molar-refractivity contribution in [3.8, 4) is 11.5 Å². The monoisotopic (exact) mass is 531 g/mol. The molecule has 3 saturated heterocycles. The Balaban J connectivity index is 1.20. The number of carbonyl (C=O) groups is 2. The molecule has 0 radical (unpaired) electrons. The quantitative estimate of drug-likeness (QED) is 0.482. The lowest BCUT2D eigenvalue weighted by Crippen LogP contribution is -2.62. The van der Waals surface area contributed by atoms with Crippen molar-refractivity contribution in [2.24, 2.45) is 5.92 Å². The van der Waals surface area contributed by atoms with Crippen LogP contribution in [0.5, 0.6) is 11.5 Å². The van der Waals surface area contributed by atoms with Crippen LogP contribution in [0.25, 0.3) is 0 Å². The van der Waals surface area contributed by atoms with E-state index < -0.39 is 0 Å². The molecule has 3 amide bonds. The van der Waals surface area contributed by atoms with Gasteiger partial charge in [-0.25, -0.2) is 4.79 Å². The van der Waals surface area contributed by atoms with Gasteiger partial charge in [-0.05, 0) is 74.7 Å². The summed E-state index contributed by atoms with van der Waals surface area (Å²) in [6.07, 6.45) is 4.02. The van der Waals surface area contributed by atoms with E-state index in [9.17, 15) is 9.59 Å². The smallest absolute Gasteiger partial charge is 0.326 e. The van der Waals surface area contributed by atoms with E-state index in [2.05, 4.69) is 22.5 Å². The summed E-state index contributed by atoms with van der Waals surface area (Å²) in [5.74, 6) is 1.71.